The second-order valence-electron chi connectivity index (χ2n) is 5.29. The largest absolute Gasteiger partial charge is 0.479 e. The summed E-state index contributed by atoms with van der Waals surface area (Å²) in [6.07, 6.45) is 5.84. The van der Waals surface area contributed by atoms with E-state index in [2.05, 4.69) is 15.7 Å². The first-order chi connectivity index (χ1) is 9.96. The molecule has 0 spiro atoms. The first kappa shape index (κ1) is 15.3. The zero-order valence-electron chi connectivity index (χ0n) is 12.1. The van der Waals surface area contributed by atoms with E-state index in [1.807, 2.05) is 0 Å². The Morgan fingerprint density at radius 3 is 2.71 bits per heavy atom. The van der Waals surface area contributed by atoms with Crippen LogP contribution in [0.4, 0.5) is 4.79 Å². The fraction of sp³-hybridized carbons (Fsp3) is 0.615. The van der Waals surface area contributed by atoms with E-state index in [0.717, 1.165) is 19.3 Å². The van der Waals surface area contributed by atoms with Gasteiger partial charge in [0.15, 0.2) is 6.04 Å². The van der Waals surface area contributed by atoms with Crippen molar-refractivity contribution in [1.29, 1.82) is 0 Å². The van der Waals surface area contributed by atoms with Gasteiger partial charge in [-0.3, -0.25) is 4.68 Å². The Labute approximate surface area is 122 Å². The van der Waals surface area contributed by atoms with Crippen molar-refractivity contribution in [1.82, 2.24) is 20.4 Å². The normalized spacial score (nSPS) is 17.6. The van der Waals surface area contributed by atoms with Crippen LogP contribution in [0.15, 0.2) is 12.4 Å². The fourth-order valence-corrected chi connectivity index (χ4v) is 2.32. The maximum atomic E-state index is 11.9. The molecule has 1 fully saturated rings. The molecule has 0 bridgehead atoms. The van der Waals surface area contributed by atoms with Crippen LogP contribution in [0, 0.1) is 0 Å². The van der Waals surface area contributed by atoms with Gasteiger partial charge in [0.25, 0.3) is 0 Å². The van der Waals surface area contributed by atoms with Crippen LogP contribution in [-0.2, 0) is 16.6 Å². The summed E-state index contributed by atoms with van der Waals surface area (Å²) < 4.78 is 6.88. The molecule has 1 aliphatic carbocycles. The number of urea groups is 1. The molecule has 1 aromatic heterocycles. The SMILES string of the molecule is COC1(CNC(=O)NC(C(=O)O)c2cnn(C)c2)CCC1. The van der Waals surface area contributed by atoms with Gasteiger partial charge in [-0.2, -0.15) is 5.10 Å². The van der Waals surface area contributed by atoms with Crippen LogP contribution in [0.5, 0.6) is 0 Å². The van der Waals surface area contributed by atoms with Crippen molar-refractivity contribution in [2.75, 3.05) is 13.7 Å². The third-order valence-corrected chi connectivity index (χ3v) is 3.85. The molecule has 1 unspecified atom stereocenters. The smallest absolute Gasteiger partial charge is 0.331 e. The number of aliphatic carboxylic acids is 1. The monoisotopic (exact) mass is 296 g/mol. The summed E-state index contributed by atoms with van der Waals surface area (Å²) in [6.45, 7) is 0.370. The average molecular weight is 296 g/mol. The Morgan fingerprint density at radius 1 is 1.57 bits per heavy atom. The maximum Gasteiger partial charge on any atom is 0.331 e. The summed E-state index contributed by atoms with van der Waals surface area (Å²) >= 11 is 0. The fourth-order valence-electron chi connectivity index (χ4n) is 2.32. The van der Waals surface area contributed by atoms with Crippen molar-refractivity contribution in [2.45, 2.75) is 30.9 Å². The molecule has 8 heteroatoms. The summed E-state index contributed by atoms with van der Waals surface area (Å²) in [7, 11) is 3.30. The van der Waals surface area contributed by atoms with E-state index >= 15 is 0 Å². The number of carbonyl (C=O) groups is 2. The number of methoxy groups -OCH3 is 1. The third kappa shape index (κ3) is 3.52. The van der Waals surface area contributed by atoms with Crippen LogP contribution in [0.25, 0.3) is 0 Å². The number of hydrogen-bond donors (Lipinski definition) is 3. The zero-order valence-corrected chi connectivity index (χ0v) is 12.1. The predicted molar refractivity (Wildman–Crippen MR) is 73.7 cm³/mol. The van der Waals surface area contributed by atoms with Gasteiger partial charge < -0.3 is 20.5 Å². The van der Waals surface area contributed by atoms with Gasteiger partial charge in [-0.1, -0.05) is 0 Å². The van der Waals surface area contributed by atoms with E-state index in [9.17, 15) is 14.7 Å². The van der Waals surface area contributed by atoms with Crippen LogP contribution in [-0.4, -0.2) is 46.1 Å². The van der Waals surface area contributed by atoms with Crippen LogP contribution >= 0.6 is 0 Å². The highest BCUT2D eigenvalue weighted by Crippen LogP contribution is 2.34. The summed E-state index contributed by atoms with van der Waals surface area (Å²) in [5, 5.41) is 18.2. The molecule has 2 rings (SSSR count). The second kappa shape index (κ2) is 6.13. The molecule has 3 N–H and O–H groups in total. The average Bonchev–Trinajstić information content (AvgIpc) is 2.81. The summed E-state index contributed by atoms with van der Waals surface area (Å²) in [5.74, 6) is -1.14. The highest BCUT2D eigenvalue weighted by Gasteiger charge is 2.37. The summed E-state index contributed by atoms with van der Waals surface area (Å²) in [6, 6.07) is -1.66. The van der Waals surface area contributed by atoms with Crippen molar-refractivity contribution in [2.24, 2.45) is 7.05 Å². The molecule has 1 aromatic rings. The van der Waals surface area contributed by atoms with Gasteiger partial charge in [0.2, 0.25) is 0 Å². The van der Waals surface area contributed by atoms with Crippen LogP contribution in [0.2, 0.25) is 0 Å². The number of rotatable bonds is 6. The van der Waals surface area contributed by atoms with Crippen molar-refractivity contribution in [3.63, 3.8) is 0 Å². The lowest BCUT2D eigenvalue weighted by Gasteiger charge is -2.40. The lowest BCUT2D eigenvalue weighted by atomic mass is 9.80. The maximum absolute atomic E-state index is 11.9. The number of carboxylic acid groups (broad SMARTS) is 1. The van der Waals surface area contributed by atoms with E-state index in [4.69, 9.17) is 4.74 Å². The number of hydrogen-bond acceptors (Lipinski definition) is 4. The number of ether oxygens (including phenoxy) is 1. The topological polar surface area (TPSA) is 105 Å². The number of aromatic nitrogens is 2. The number of amides is 2. The Morgan fingerprint density at radius 2 is 2.29 bits per heavy atom. The van der Waals surface area contributed by atoms with Crippen LogP contribution in [0.3, 0.4) is 0 Å². The van der Waals surface area contributed by atoms with Crippen molar-refractivity contribution < 1.29 is 19.4 Å². The number of aryl methyl sites for hydroxylation is 1. The van der Waals surface area contributed by atoms with Gasteiger partial charge in [-0.25, -0.2) is 9.59 Å². The van der Waals surface area contributed by atoms with E-state index in [-0.39, 0.29) is 5.60 Å². The lowest BCUT2D eigenvalue weighted by molar-refractivity contribution is -0.139. The Hall–Kier alpha value is -2.09. The number of nitrogens with one attached hydrogen (secondary N) is 2. The molecular formula is C13H20N4O4. The summed E-state index contributed by atoms with van der Waals surface area (Å²) in [4.78, 5) is 23.1. The lowest BCUT2D eigenvalue weighted by Crippen LogP contribution is -2.52. The van der Waals surface area contributed by atoms with Gasteiger partial charge in [0.05, 0.1) is 11.8 Å². The van der Waals surface area contributed by atoms with Gasteiger partial charge in [0.1, 0.15) is 0 Å². The molecule has 8 nitrogen and oxygen atoms in total. The van der Waals surface area contributed by atoms with E-state index in [0.29, 0.717) is 12.1 Å². The molecule has 0 radical (unpaired) electrons. The van der Waals surface area contributed by atoms with Crippen LogP contribution < -0.4 is 10.6 Å². The zero-order chi connectivity index (χ0) is 15.5. The van der Waals surface area contributed by atoms with Crippen molar-refractivity contribution in [3.05, 3.63) is 18.0 Å². The van der Waals surface area contributed by atoms with Gasteiger partial charge in [-0.05, 0) is 19.3 Å². The Kier molecular flexibility index (Phi) is 4.46. The molecule has 0 saturated heterocycles. The van der Waals surface area contributed by atoms with Gasteiger partial charge in [0, 0.05) is 32.5 Å². The van der Waals surface area contributed by atoms with E-state index in [1.54, 1.807) is 20.4 Å². The molecule has 1 saturated carbocycles. The molecule has 0 aliphatic heterocycles. The van der Waals surface area contributed by atoms with Gasteiger partial charge in [-0.15, -0.1) is 0 Å². The quantitative estimate of drug-likeness (QED) is 0.705. The van der Waals surface area contributed by atoms with Crippen molar-refractivity contribution >= 4 is 12.0 Å². The van der Waals surface area contributed by atoms with Gasteiger partial charge >= 0.3 is 12.0 Å². The highest BCUT2D eigenvalue weighted by atomic mass is 16.5. The molecule has 116 valence electrons. The Balaban J connectivity index is 1.91. The summed E-state index contributed by atoms with van der Waals surface area (Å²) in [5.41, 5.74) is 0.120. The van der Waals surface area contributed by atoms with Crippen LogP contribution in [0.1, 0.15) is 30.9 Å². The highest BCUT2D eigenvalue weighted by molar-refractivity contribution is 5.83. The first-order valence-corrected chi connectivity index (χ1v) is 6.77. The predicted octanol–water partition coefficient (Wildman–Crippen LogP) is 0.414. The molecule has 1 heterocycles. The molecule has 1 atom stereocenters. The van der Waals surface area contributed by atoms with E-state index in [1.165, 1.54) is 10.9 Å². The standard InChI is InChI=1S/C13H20N4O4/c1-17-7-9(6-15-17)10(11(18)19)16-12(20)14-8-13(21-2)4-3-5-13/h6-7,10H,3-5,8H2,1-2H3,(H,18,19)(H2,14,16,20). The molecule has 1 aliphatic rings. The third-order valence-electron chi connectivity index (χ3n) is 3.85. The molecule has 0 aromatic carbocycles. The molecule has 21 heavy (non-hydrogen) atoms. The van der Waals surface area contributed by atoms with Crippen molar-refractivity contribution in [3.8, 4) is 0 Å². The number of carboxylic acids is 1. The first-order valence-electron chi connectivity index (χ1n) is 6.77. The second-order valence-corrected chi connectivity index (χ2v) is 5.29. The minimum atomic E-state index is -1.14. The number of nitrogens with zero attached hydrogens (tertiary/aromatic N) is 2. The molecule has 2 amide bonds. The van der Waals surface area contributed by atoms with E-state index < -0.39 is 18.0 Å². The number of carbonyl (C=O) groups excluding carboxylic acids is 1. The Bertz CT molecular complexity index is 518. The molecular weight excluding hydrogens is 276 g/mol. The minimum absolute atomic E-state index is 0.301. The minimum Gasteiger partial charge on any atom is -0.479 e.